The number of likely N-dealkylation sites (tertiary alicyclic amines) is 1. The van der Waals surface area contributed by atoms with E-state index in [-0.39, 0.29) is 48.7 Å². The van der Waals surface area contributed by atoms with Crippen LogP contribution in [0, 0.1) is 5.82 Å². The molecule has 2 aromatic carbocycles. The average molecular weight is 638 g/mol. The van der Waals surface area contributed by atoms with Crippen LogP contribution < -0.4 is 4.74 Å². The van der Waals surface area contributed by atoms with Gasteiger partial charge in [-0.25, -0.2) is 14.0 Å². The normalized spacial score (nSPS) is 19.1. The topological polar surface area (TPSA) is 97.8 Å². The van der Waals surface area contributed by atoms with Crippen LogP contribution in [0.5, 0.6) is 5.75 Å². The first kappa shape index (κ1) is 31.1. The number of piperidine rings is 1. The maximum Gasteiger partial charge on any atom is 0.410 e. The van der Waals surface area contributed by atoms with Crippen LogP contribution in [0.2, 0.25) is 0 Å². The van der Waals surface area contributed by atoms with Crippen molar-refractivity contribution in [1.29, 1.82) is 0 Å². The Balaban J connectivity index is 1.34. The molecule has 2 aromatic rings. The number of nitrogens with zero attached hydrogens (tertiary/aromatic N) is 2. The second kappa shape index (κ2) is 13.4. The van der Waals surface area contributed by atoms with Crippen LogP contribution in [0.3, 0.4) is 0 Å². The van der Waals surface area contributed by atoms with E-state index in [1.165, 1.54) is 11.0 Å². The SMILES string of the molecule is CC(C)(C)OC(=O)N(C[C@H](O)COc1cccc(Br)c1F)[C@@H]1COC2(CCN(C(=O)OCc3ccccc3)CC2)C1. The predicted molar refractivity (Wildman–Crippen MR) is 153 cm³/mol. The molecule has 9 nitrogen and oxygen atoms in total. The zero-order valence-corrected chi connectivity index (χ0v) is 25.3. The van der Waals surface area contributed by atoms with Crippen molar-refractivity contribution in [1.82, 2.24) is 9.80 Å². The number of hydrogen-bond acceptors (Lipinski definition) is 7. The summed E-state index contributed by atoms with van der Waals surface area (Å²) in [5, 5.41) is 10.8. The Morgan fingerprint density at radius 1 is 1.17 bits per heavy atom. The van der Waals surface area contributed by atoms with Gasteiger partial charge in [-0.05, 0) is 73.7 Å². The molecule has 224 valence electrons. The van der Waals surface area contributed by atoms with Crippen molar-refractivity contribution in [3.8, 4) is 5.75 Å². The van der Waals surface area contributed by atoms with Crippen LogP contribution in [-0.4, -0.2) is 83.3 Å². The van der Waals surface area contributed by atoms with Gasteiger partial charge in [0.05, 0.1) is 29.3 Å². The second-order valence-corrected chi connectivity index (χ2v) is 12.4. The van der Waals surface area contributed by atoms with Gasteiger partial charge in [0.25, 0.3) is 0 Å². The van der Waals surface area contributed by atoms with Crippen molar-refractivity contribution in [2.75, 3.05) is 32.8 Å². The van der Waals surface area contributed by atoms with Gasteiger partial charge in [0, 0.05) is 13.1 Å². The van der Waals surface area contributed by atoms with Gasteiger partial charge < -0.3 is 33.9 Å². The fourth-order valence-corrected chi connectivity index (χ4v) is 5.38. The molecule has 41 heavy (non-hydrogen) atoms. The minimum absolute atomic E-state index is 0.000509. The van der Waals surface area contributed by atoms with Crippen molar-refractivity contribution < 1.29 is 38.0 Å². The molecule has 2 heterocycles. The summed E-state index contributed by atoms with van der Waals surface area (Å²) < 4.78 is 37.4. The molecular formula is C30H38BrFN2O7. The first-order chi connectivity index (χ1) is 19.4. The molecule has 1 spiro atoms. The number of ether oxygens (including phenoxy) is 4. The van der Waals surface area contributed by atoms with Gasteiger partial charge >= 0.3 is 12.2 Å². The van der Waals surface area contributed by atoms with E-state index >= 15 is 0 Å². The molecule has 0 aromatic heterocycles. The first-order valence-electron chi connectivity index (χ1n) is 13.8. The largest absolute Gasteiger partial charge is 0.488 e. The number of aliphatic hydroxyl groups is 1. The Bertz CT molecular complexity index is 1190. The van der Waals surface area contributed by atoms with Crippen molar-refractivity contribution >= 4 is 28.1 Å². The highest BCUT2D eigenvalue weighted by Gasteiger charge is 2.47. The number of carbonyl (C=O) groups excluding carboxylic acids is 2. The van der Waals surface area contributed by atoms with Crippen LogP contribution >= 0.6 is 15.9 Å². The van der Waals surface area contributed by atoms with E-state index in [1.54, 1.807) is 37.8 Å². The van der Waals surface area contributed by atoms with Gasteiger partial charge in [0.2, 0.25) is 0 Å². The highest BCUT2D eigenvalue weighted by atomic mass is 79.9. The molecule has 1 N–H and O–H groups in total. The number of aliphatic hydroxyl groups excluding tert-OH is 1. The smallest absolute Gasteiger partial charge is 0.410 e. The minimum Gasteiger partial charge on any atom is -0.488 e. The highest BCUT2D eigenvalue weighted by Crippen LogP contribution is 2.38. The summed E-state index contributed by atoms with van der Waals surface area (Å²) in [6, 6.07) is 13.8. The molecule has 0 unspecified atom stereocenters. The van der Waals surface area contributed by atoms with E-state index in [0.717, 1.165) is 5.56 Å². The van der Waals surface area contributed by atoms with Crippen LogP contribution in [0.4, 0.5) is 14.0 Å². The van der Waals surface area contributed by atoms with Gasteiger partial charge in [0.1, 0.15) is 24.9 Å². The molecule has 0 bridgehead atoms. The van der Waals surface area contributed by atoms with Gasteiger partial charge in [-0.3, -0.25) is 0 Å². The summed E-state index contributed by atoms with van der Waals surface area (Å²) >= 11 is 3.12. The van der Waals surface area contributed by atoms with Gasteiger partial charge in [0.15, 0.2) is 11.6 Å². The monoisotopic (exact) mass is 636 g/mol. The number of benzene rings is 2. The van der Waals surface area contributed by atoms with E-state index in [2.05, 4.69) is 15.9 Å². The molecule has 2 fully saturated rings. The van der Waals surface area contributed by atoms with E-state index in [9.17, 15) is 19.1 Å². The maximum absolute atomic E-state index is 14.3. The third-order valence-corrected chi connectivity index (χ3v) is 7.76. The van der Waals surface area contributed by atoms with E-state index in [4.69, 9.17) is 18.9 Å². The summed E-state index contributed by atoms with van der Waals surface area (Å²) in [5.74, 6) is -0.565. The van der Waals surface area contributed by atoms with Crippen molar-refractivity contribution in [3.63, 3.8) is 0 Å². The predicted octanol–water partition coefficient (Wildman–Crippen LogP) is 5.53. The van der Waals surface area contributed by atoms with Gasteiger partial charge in [-0.2, -0.15) is 0 Å². The lowest BCUT2D eigenvalue weighted by atomic mass is 9.87. The third-order valence-electron chi connectivity index (χ3n) is 7.15. The number of amides is 2. The summed E-state index contributed by atoms with van der Waals surface area (Å²) in [4.78, 5) is 29.0. The highest BCUT2D eigenvalue weighted by molar-refractivity contribution is 9.10. The lowest BCUT2D eigenvalue weighted by Gasteiger charge is -2.38. The second-order valence-electron chi connectivity index (χ2n) is 11.5. The van der Waals surface area contributed by atoms with Crippen molar-refractivity contribution in [3.05, 3.63) is 64.4 Å². The summed E-state index contributed by atoms with van der Waals surface area (Å²) in [6.07, 6.45) is -0.303. The molecule has 11 heteroatoms. The van der Waals surface area contributed by atoms with Crippen molar-refractivity contribution in [2.24, 2.45) is 0 Å². The molecule has 2 amide bonds. The average Bonchev–Trinajstić information content (AvgIpc) is 3.34. The van der Waals surface area contributed by atoms with Crippen LogP contribution in [0.15, 0.2) is 53.0 Å². The molecule has 0 radical (unpaired) electrons. The molecule has 4 rings (SSSR count). The Kier molecular flexibility index (Phi) is 10.1. The fourth-order valence-electron chi connectivity index (χ4n) is 5.03. The van der Waals surface area contributed by atoms with E-state index in [0.29, 0.717) is 32.4 Å². The molecule has 0 saturated carbocycles. The maximum atomic E-state index is 14.3. The minimum atomic E-state index is -1.10. The fraction of sp³-hybridized carbons (Fsp3) is 0.533. The van der Waals surface area contributed by atoms with Crippen LogP contribution in [0.1, 0.15) is 45.6 Å². The number of rotatable bonds is 8. The zero-order chi connectivity index (χ0) is 29.6. The Morgan fingerprint density at radius 2 is 1.88 bits per heavy atom. The van der Waals surface area contributed by atoms with E-state index < -0.39 is 29.2 Å². The molecule has 2 atom stereocenters. The van der Waals surface area contributed by atoms with Gasteiger partial charge in [-0.15, -0.1) is 0 Å². The van der Waals surface area contributed by atoms with Gasteiger partial charge in [-0.1, -0.05) is 36.4 Å². The van der Waals surface area contributed by atoms with E-state index in [1.807, 2.05) is 30.3 Å². The Morgan fingerprint density at radius 3 is 2.56 bits per heavy atom. The number of carbonyl (C=O) groups is 2. The Hall–Kier alpha value is -2.89. The lowest BCUT2D eigenvalue weighted by molar-refractivity contribution is -0.0432. The molecule has 2 aliphatic heterocycles. The molecule has 2 saturated heterocycles. The quantitative estimate of drug-likeness (QED) is 0.407. The third kappa shape index (κ3) is 8.56. The molecule has 0 aliphatic carbocycles. The summed E-state index contributed by atoms with van der Waals surface area (Å²) in [5.41, 5.74) is -0.311. The molecular weight excluding hydrogens is 599 g/mol. The van der Waals surface area contributed by atoms with Crippen LogP contribution in [0.25, 0.3) is 0 Å². The first-order valence-corrected chi connectivity index (χ1v) is 14.6. The Labute approximate surface area is 248 Å². The lowest BCUT2D eigenvalue weighted by Crippen LogP contribution is -2.50. The summed E-state index contributed by atoms with van der Waals surface area (Å²) in [7, 11) is 0. The number of hydrogen-bond donors (Lipinski definition) is 1. The molecule has 2 aliphatic rings. The number of halogens is 2. The van der Waals surface area contributed by atoms with Crippen molar-refractivity contribution in [2.45, 2.75) is 70.0 Å². The summed E-state index contributed by atoms with van der Waals surface area (Å²) in [6.45, 7) is 6.46. The standard InChI is InChI=1S/C30H38BrFN2O7/c1-29(2,3)41-28(37)34(17-23(35)20-38-25-11-7-10-24(31)26(25)32)22-16-30(40-19-22)12-14-33(15-13-30)27(36)39-18-21-8-5-4-6-9-21/h4-11,22-23,35H,12-20H2,1-3H3/t22-,23-/m0/s1. The van der Waals surface area contributed by atoms with Crippen LogP contribution in [-0.2, 0) is 20.8 Å². The zero-order valence-electron chi connectivity index (χ0n) is 23.7.